The number of hydrogen-bond acceptors (Lipinski definition) is 3. The van der Waals surface area contributed by atoms with E-state index >= 15 is 0 Å². The van der Waals surface area contributed by atoms with E-state index in [4.69, 9.17) is 11.6 Å². The van der Waals surface area contributed by atoms with Crippen molar-refractivity contribution in [2.24, 2.45) is 5.92 Å². The third kappa shape index (κ3) is 4.59. The van der Waals surface area contributed by atoms with Gasteiger partial charge in [0.2, 0.25) is 5.91 Å². The molecule has 1 heterocycles. The highest BCUT2D eigenvalue weighted by atomic mass is 35.5. The Hall–Kier alpha value is -0.580. The first-order chi connectivity index (χ1) is 8.67. The first-order valence-electron chi connectivity index (χ1n) is 6.40. The maximum atomic E-state index is 11.8. The van der Waals surface area contributed by atoms with E-state index in [0.29, 0.717) is 6.54 Å². The van der Waals surface area contributed by atoms with Crippen LogP contribution < -0.4 is 5.32 Å². The molecule has 0 bridgehead atoms. The van der Waals surface area contributed by atoms with Crippen molar-refractivity contribution in [3.05, 3.63) is 21.3 Å². The van der Waals surface area contributed by atoms with Gasteiger partial charge in [0.15, 0.2) is 0 Å². The molecule has 1 saturated carbocycles. The molecule has 1 fully saturated rings. The van der Waals surface area contributed by atoms with E-state index in [-0.39, 0.29) is 5.91 Å². The lowest BCUT2D eigenvalue weighted by Gasteiger charge is -2.18. The van der Waals surface area contributed by atoms with Crippen LogP contribution in [0.5, 0.6) is 0 Å². The summed E-state index contributed by atoms with van der Waals surface area (Å²) in [6.45, 7) is 5.06. The molecule has 1 aromatic heterocycles. The minimum Gasteiger partial charge on any atom is -0.355 e. The summed E-state index contributed by atoms with van der Waals surface area (Å²) in [5.74, 6) is 0.867. The topological polar surface area (TPSA) is 32.3 Å². The molecule has 1 N–H and O–H groups in total. The van der Waals surface area contributed by atoms with E-state index in [0.717, 1.165) is 29.9 Å². The van der Waals surface area contributed by atoms with Crippen LogP contribution >= 0.6 is 22.9 Å². The van der Waals surface area contributed by atoms with E-state index < -0.39 is 0 Å². The van der Waals surface area contributed by atoms with Gasteiger partial charge >= 0.3 is 0 Å². The van der Waals surface area contributed by atoms with Crippen molar-refractivity contribution in [3.63, 3.8) is 0 Å². The van der Waals surface area contributed by atoms with E-state index in [9.17, 15) is 4.79 Å². The number of carbonyl (C=O) groups excluding carboxylic acids is 1. The molecule has 0 aliphatic heterocycles. The molecule has 0 radical (unpaired) electrons. The second-order valence-corrected chi connectivity index (χ2v) is 6.56. The molecule has 1 amide bonds. The molecule has 0 unspecified atom stereocenters. The summed E-state index contributed by atoms with van der Waals surface area (Å²) < 4.78 is 0.805. The molecule has 18 heavy (non-hydrogen) atoms. The van der Waals surface area contributed by atoms with Crippen LogP contribution in [0.15, 0.2) is 12.1 Å². The van der Waals surface area contributed by atoms with Crippen molar-refractivity contribution in [1.82, 2.24) is 10.2 Å². The molecule has 0 aromatic carbocycles. The minimum atomic E-state index is 0.131. The summed E-state index contributed by atoms with van der Waals surface area (Å²) >= 11 is 7.48. The second kappa shape index (κ2) is 6.55. The van der Waals surface area contributed by atoms with Crippen LogP contribution in [0.25, 0.3) is 0 Å². The molecular weight excluding hydrogens is 268 g/mol. The molecule has 2 rings (SSSR count). The predicted octanol–water partition coefficient (Wildman–Crippen LogP) is 2.75. The van der Waals surface area contributed by atoms with E-state index in [1.807, 2.05) is 12.1 Å². The van der Waals surface area contributed by atoms with Gasteiger partial charge in [-0.2, -0.15) is 0 Å². The molecule has 3 nitrogen and oxygen atoms in total. The number of rotatable bonds is 7. The zero-order valence-electron chi connectivity index (χ0n) is 10.6. The smallest absolute Gasteiger partial charge is 0.234 e. The summed E-state index contributed by atoms with van der Waals surface area (Å²) in [5, 5.41) is 3.00. The van der Waals surface area contributed by atoms with Gasteiger partial charge in [-0.05, 0) is 37.4 Å². The van der Waals surface area contributed by atoms with Gasteiger partial charge in [0.25, 0.3) is 0 Å². The number of thiophene rings is 1. The van der Waals surface area contributed by atoms with Crippen LogP contribution in [0.4, 0.5) is 0 Å². The molecule has 1 aliphatic rings. The quantitative estimate of drug-likeness (QED) is 0.836. The zero-order chi connectivity index (χ0) is 13.0. The Morgan fingerprint density at radius 3 is 2.89 bits per heavy atom. The lowest BCUT2D eigenvalue weighted by atomic mass is 10.3. The summed E-state index contributed by atoms with van der Waals surface area (Å²) in [6, 6.07) is 3.93. The molecule has 0 atom stereocenters. The fourth-order valence-corrected chi connectivity index (χ4v) is 2.91. The third-order valence-corrected chi connectivity index (χ3v) is 4.32. The van der Waals surface area contributed by atoms with Crippen molar-refractivity contribution in [3.8, 4) is 0 Å². The van der Waals surface area contributed by atoms with Gasteiger partial charge in [-0.1, -0.05) is 18.5 Å². The molecule has 1 aromatic rings. The molecule has 1 aliphatic carbocycles. The van der Waals surface area contributed by atoms with E-state index in [2.05, 4.69) is 17.1 Å². The monoisotopic (exact) mass is 286 g/mol. The van der Waals surface area contributed by atoms with E-state index in [1.54, 1.807) is 11.3 Å². The van der Waals surface area contributed by atoms with E-state index in [1.165, 1.54) is 17.7 Å². The van der Waals surface area contributed by atoms with Crippen molar-refractivity contribution in [2.75, 3.05) is 19.6 Å². The van der Waals surface area contributed by atoms with Gasteiger partial charge in [-0.3, -0.25) is 9.69 Å². The lowest BCUT2D eigenvalue weighted by molar-refractivity contribution is -0.122. The molecular formula is C13H19ClN2OS. The number of amides is 1. The number of carbonyl (C=O) groups is 1. The molecule has 100 valence electrons. The van der Waals surface area contributed by atoms with Crippen molar-refractivity contribution in [1.29, 1.82) is 0 Å². The van der Waals surface area contributed by atoms with Crippen molar-refractivity contribution in [2.45, 2.75) is 26.3 Å². The molecule has 0 saturated heterocycles. The Morgan fingerprint density at radius 2 is 2.33 bits per heavy atom. The van der Waals surface area contributed by atoms with Crippen LogP contribution in [0.2, 0.25) is 4.34 Å². The normalized spacial score (nSPS) is 15.1. The molecule has 5 heteroatoms. The second-order valence-electron chi connectivity index (χ2n) is 4.76. The van der Waals surface area contributed by atoms with Crippen molar-refractivity contribution < 1.29 is 4.79 Å². The number of nitrogens with zero attached hydrogens (tertiary/aromatic N) is 1. The Balaban J connectivity index is 1.75. The number of nitrogens with one attached hydrogen (secondary N) is 1. The SMILES string of the molecule is CCN(CC(=O)NCC1CC1)Cc1ccc(Cl)s1. The Morgan fingerprint density at radius 1 is 1.56 bits per heavy atom. The lowest BCUT2D eigenvalue weighted by Crippen LogP contribution is -2.37. The van der Waals surface area contributed by atoms with Gasteiger partial charge in [0.1, 0.15) is 0 Å². The summed E-state index contributed by atoms with van der Waals surface area (Å²) in [4.78, 5) is 15.1. The van der Waals surface area contributed by atoms with Gasteiger partial charge in [-0.25, -0.2) is 0 Å². The predicted molar refractivity (Wildman–Crippen MR) is 76.0 cm³/mol. The van der Waals surface area contributed by atoms with Crippen LogP contribution in [-0.2, 0) is 11.3 Å². The number of likely N-dealkylation sites (N-methyl/N-ethyl adjacent to an activating group) is 1. The van der Waals surface area contributed by atoms with Crippen molar-refractivity contribution >= 4 is 28.8 Å². The van der Waals surface area contributed by atoms with Gasteiger partial charge < -0.3 is 5.32 Å². The fourth-order valence-electron chi connectivity index (χ4n) is 1.78. The Kier molecular flexibility index (Phi) is 5.03. The maximum Gasteiger partial charge on any atom is 0.234 e. The summed E-state index contributed by atoms with van der Waals surface area (Å²) in [5.41, 5.74) is 0. The summed E-state index contributed by atoms with van der Waals surface area (Å²) in [6.07, 6.45) is 2.54. The standard InChI is InChI=1S/C13H19ClN2OS/c1-2-16(8-11-5-6-12(14)18-11)9-13(17)15-7-10-3-4-10/h5-6,10H,2-4,7-9H2,1H3,(H,15,17). The highest BCUT2D eigenvalue weighted by molar-refractivity contribution is 7.16. The number of halogens is 1. The Labute approximate surface area is 117 Å². The first-order valence-corrected chi connectivity index (χ1v) is 7.60. The average Bonchev–Trinajstić information content (AvgIpc) is 3.09. The zero-order valence-corrected chi connectivity index (χ0v) is 12.2. The fraction of sp³-hybridized carbons (Fsp3) is 0.615. The largest absolute Gasteiger partial charge is 0.355 e. The van der Waals surface area contributed by atoms with Crippen LogP contribution in [0.3, 0.4) is 0 Å². The maximum absolute atomic E-state index is 11.8. The number of hydrogen-bond donors (Lipinski definition) is 1. The highest BCUT2D eigenvalue weighted by Gasteiger charge is 2.21. The van der Waals surface area contributed by atoms with Crippen LogP contribution in [0.1, 0.15) is 24.6 Å². The highest BCUT2D eigenvalue weighted by Crippen LogP contribution is 2.27. The van der Waals surface area contributed by atoms with Gasteiger partial charge in [0.05, 0.1) is 10.9 Å². The first kappa shape index (κ1) is 13.8. The van der Waals surface area contributed by atoms with Gasteiger partial charge in [0, 0.05) is 18.0 Å². The third-order valence-electron chi connectivity index (χ3n) is 3.11. The van der Waals surface area contributed by atoms with Gasteiger partial charge in [-0.15, -0.1) is 11.3 Å². The van der Waals surface area contributed by atoms with Crippen LogP contribution in [-0.4, -0.2) is 30.4 Å². The minimum absolute atomic E-state index is 0.131. The summed E-state index contributed by atoms with van der Waals surface area (Å²) in [7, 11) is 0. The van der Waals surface area contributed by atoms with Crippen LogP contribution in [0, 0.1) is 5.92 Å². The molecule has 0 spiro atoms. The average molecular weight is 287 g/mol. The Bertz CT molecular complexity index is 403.